The number of amides is 3. The van der Waals surface area contributed by atoms with E-state index in [0.29, 0.717) is 10.8 Å². The molecule has 0 atom stereocenters. The highest BCUT2D eigenvalue weighted by atomic mass is 35.5. The van der Waals surface area contributed by atoms with Gasteiger partial charge in [-0.25, -0.2) is 9.59 Å². The van der Waals surface area contributed by atoms with Crippen LogP contribution in [0.25, 0.3) is 0 Å². The van der Waals surface area contributed by atoms with E-state index in [1.54, 1.807) is 25.1 Å². The van der Waals surface area contributed by atoms with Gasteiger partial charge in [0.2, 0.25) is 0 Å². The van der Waals surface area contributed by atoms with Gasteiger partial charge in [-0.2, -0.15) is 0 Å². The van der Waals surface area contributed by atoms with E-state index in [-0.39, 0.29) is 12.6 Å². The summed E-state index contributed by atoms with van der Waals surface area (Å²) >= 11 is 5.83. The number of ether oxygens (including phenoxy) is 2. The average molecular weight is 369 g/mol. The van der Waals surface area contributed by atoms with E-state index < -0.39 is 24.5 Å². The first-order valence-corrected chi connectivity index (χ1v) is 8.47. The molecule has 2 rings (SSSR count). The number of nitrogens with one attached hydrogen (secondary N) is 2. The molecule has 1 aromatic carbocycles. The molecule has 25 heavy (non-hydrogen) atoms. The summed E-state index contributed by atoms with van der Waals surface area (Å²) < 4.78 is 10.1. The van der Waals surface area contributed by atoms with Crippen LogP contribution in [0.5, 0.6) is 5.75 Å². The van der Waals surface area contributed by atoms with Gasteiger partial charge in [0.25, 0.3) is 5.91 Å². The minimum atomic E-state index is -0.708. The average Bonchev–Trinajstić information content (AvgIpc) is 3.04. The minimum Gasteiger partial charge on any atom is -0.482 e. The Balaban J connectivity index is 1.65. The lowest BCUT2D eigenvalue weighted by molar-refractivity contribution is -0.150. The molecule has 136 valence electrons. The second-order valence-corrected chi connectivity index (χ2v) is 6.30. The van der Waals surface area contributed by atoms with Crippen LogP contribution < -0.4 is 15.4 Å². The van der Waals surface area contributed by atoms with Gasteiger partial charge in [0.05, 0.1) is 0 Å². The van der Waals surface area contributed by atoms with Gasteiger partial charge < -0.3 is 14.8 Å². The molecule has 7 nitrogen and oxygen atoms in total. The maximum absolute atomic E-state index is 11.6. The topological polar surface area (TPSA) is 93.7 Å². The summed E-state index contributed by atoms with van der Waals surface area (Å²) in [6.45, 7) is 0.910. The molecule has 2 N–H and O–H groups in total. The quantitative estimate of drug-likeness (QED) is 0.752. The first kappa shape index (κ1) is 19.1. The number of urea groups is 1. The summed E-state index contributed by atoms with van der Waals surface area (Å²) in [6, 6.07) is 4.53. The molecule has 0 radical (unpaired) electrons. The lowest BCUT2D eigenvalue weighted by Crippen LogP contribution is -2.45. The lowest BCUT2D eigenvalue weighted by atomic mass is 10.2. The largest absolute Gasteiger partial charge is 0.482 e. The highest BCUT2D eigenvalue weighted by Crippen LogP contribution is 2.21. The second-order valence-electron chi connectivity index (χ2n) is 5.86. The SMILES string of the molecule is Cc1cc(Cl)ccc1OCC(=O)OCC(=O)NC(=O)NC1CCCC1. The minimum absolute atomic E-state index is 0.103. The van der Waals surface area contributed by atoms with E-state index in [0.717, 1.165) is 31.2 Å². The molecular formula is C17H21ClN2O5. The zero-order valence-electron chi connectivity index (χ0n) is 14.0. The normalized spacial score (nSPS) is 14.0. The van der Waals surface area contributed by atoms with Crippen molar-refractivity contribution in [3.05, 3.63) is 28.8 Å². The fraction of sp³-hybridized carbons (Fsp3) is 0.471. The molecule has 1 fully saturated rings. The summed E-state index contributed by atoms with van der Waals surface area (Å²) in [5.41, 5.74) is 0.779. The molecule has 1 aliphatic rings. The molecule has 0 aromatic heterocycles. The smallest absolute Gasteiger partial charge is 0.344 e. The van der Waals surface area contributed by atoms with Gasteiger partial charge in [-0.15, -0.1) is 0 Å². The van der Waals surface area contributed by atoms with Crippen molar-refractivity contribution in [1.29, 1.82) is 0 Å². The van der Waals surface area contributed by atoms with Crippen molar-refractivity contribution in [2.24, 2.45) is 0 Å². The van der Waals surface area contributed by atoms with E-state index in [9.17, 15) is 14.4 Å². The van der Waals surface area contributed by atoms with Crippen LogP contribution >= 0.6 is 11.6 Å². The van der Waals surface area contributed by atoms with E-state index in [4.69, 9.17) is 21.1 Å². The fourth-order valence-corrected chi connectivity index (χ4v) is 2.78. The van der Waals surface area contributed by atoms with Crippen molar-refractivity contribution >= 4 is 29.5 Å². The Morgan fingerprint density at radius 1 is 1.20 bits per heavy atom. The summed E-state index contributed by atoms with van der Waals surface area (Å²) in [5, 5.41) is 5.41. The Kier molecular flexibility index (Phi) is 7.06. The molecular weight excluding hydrogens is 348 g/mol. The Morgan fingerprint density at radius 3 is 2.60 bits per heavy atom. The number of carbonyl (C=O) groups is 3. The number of hydrogen-bond donors (Lipinski definition) is 2. The van der Waals surface area contributed by atoms with E-state index in [2.05, 4.69) is 10.6 Å². The van der Waals surface area contributed by atoms with Crippen LogP contribution in [-0.4, -0.2) is 37.2 Å². The fourth-order valence-electron chi connectivity index (χ4n) is 2.55. The Hall–Kier alpha value is -2.28. The van der Waals surface area contributed by atoms with Crippen LogP contribution in [0, 0.1) is 6.92 Å². The van der Waals surface area contributed by atoms with Crippen LogP contribution in [0.2, 0.25) is 5.02 Å². The van der Waals surface area contributed by atoms with Crippen molar-refractivity contribution in [3.63, 3.8) is 0 Å². The monoisotopic (exact) mass is 368 g/mol. The number of esters is 1. The van der Waals surface area contributed by atoms with E-state index in [1.165, 1.54) is 0 Å². The highest BCUT2D eigenvalue weighted by Gasteiger charge is 2.18. The van der Waals surface area contributed by atoms with Crippen molar-refractivity contribution in [1.82, 2.24) is 10.6 Å². The van der Waals surface area contributed by atoms with Crippen LogP contribution in [0.15, 0.2) is 18.2 Å². The maximum atomic E-state index is 11.6. The van der Waals surface area contributed by atoms with Gasteiger partial charge in [0.15, 0.2) is 13.2 Å². The summed E-state index contributed by atoms with van der Waals surface area (Å²) in [7, 11) is 0. The Morgan fingerprint density at radius 2 is 1.92 bits per heavy atom. The number of aryl methyl sites for hydroxylation is 1. The van der Waals surface area contributed by atoms with Crippen LogP contribution in [0.1, 0.15) is 31.2 Å². The number of imide groups is 1. The van der Waals surface area contributed by atoms with Gasteiger partial charge in [-0.3, -0.25) is 10.1 Å². The maximum Gasteiger partial charge on any atom is 0.344 e. The Labute approximate surface area is 151 Å². The third kappa shape index (κ3) is 6.62. The lowest BCUT2D eigenvalue weighted by Gasteiger charge is -2.12. The zero-order valence-corrected chi connectivity index (χ0v) is 14.7. The molecule has 1 saturated carbocycles. The molecule has 0 saturated heterocycles. The van der Waals surface area contributed by atoms with Crippen molar-refractivity contribution in [2.45, 2.75) is 38.6 Å². The van der Waals surface area contributed by atoms with Gasteiger partial charge in [-0.05, 0) is 43.5 Å². The van der Waals surface area contributed by atoms with Crippen LogP contribution in [0.3, 0.4) is 0 Å². The van der Waals surface area contributed by atoms with Crippen LogP contribution in [-0.2, 0) is 14.3 Å². The molecule has 0 spiro atoms. The number of rotatable bonds is 6. The molecule has 1 aromatic rings. The number of carbonyl (C=O) groups excluding carboxylic acids is 3. The summed E-state index contributed by atoms with van der Waals surface area (Å²) in [5.74, 6) is -0.894. The first-order chi connectivity index (χ1) is 11.9. The highest BCUT2D eigenvalue weighted by molar-refractivity contribution is 6.30. The molecule has 3 amide bonds. The van der Waals surface area contributed by atoms with Gasteiger partial charge >= 0.3 is 12.0 Å². The van der Waals surface area contributed by atoms with Crippen molar-refractivity contribution in [2.75, 3.05) is 13.2 Å². The standard InChI is InChI=1S/C17H21ClN2O5/c1-11-8-12(18)6-7-14(11)24-10-16(22)25-9-15(21)20-17(23)19-13-4-2-3-5-13/h6-8,13H,2-5,9-10H2,1H3,(H2,19,20,21,23). The third-order valence-electron chi connectivity index (χ3n) is 3.79. The van der Waals surface area contributed by atoms with E-state index >= 15 is 0 Å². The zero-order chi connectivity index (χ0) is 18.2. The van der Waals surface area contributed by atoms with Crippen LogP contribution in [0.4, 0.5) is 4.79 Å². The Bertz CT molecular complexity index is 644. The number of benzene rings is 1. The molecule has 0 heterocycles. The molecule has 0 unspecified atom stereocenters. The van der Waals surface area contributed by atoms with E-state index in [1.807, 2.05) is 0 Å². The third-order valence-corrected chi connectivity index (χ3v) is 4.03. The van der Waals surface area contributed by atoms with Gasteiger partial charge in [-0.1, -0.05) is 24.4 Å². The van der Waals surface area contributed by atoms with Crippen molar-refractivity contribution < 1.29 is 23.9 Å². The number of hydrogen-bond acceptors (Lipinski definition) is 5. The van der Waals surface area contributed by atoms with Gasteiger partial charge in [0, 0.05) is 11.1 Å². The predicted octanol–water partition coefficient (Wildman–Crippen LogP) is 2.34. The number of halogens is 1. The van der Waals surface area contributed by atoms with Crippen molar-refractivity contribution in [3.8, 4) is 5.75 Å². The molecule has 0 aliphatic heterocycles. The first-order valence-electron chi connectivity index (χ1n) is 8.09. The molecule has 0 bridgehead atoms. The summed E-state index contributed by atoms with van der Waals surface area (Å²) in [4.78, 5) is 34.8. The van der Waals surface area contributed by atoms with Gasteiger partial charge in [0.1, 0.15) is 5.75 Å². The second kappa shape index (κ2) is 9.27. The molecule has 8 heteroatoms. The predicted molar refractivity (Wildman–Crippen MR) is 91.6 cm³/mol. The molecule has 1 aliphatic carbocycles. The summed E-state index contributed by atoms with van der Waals surface area (Å²) in [6.07, 6.45) is 3.98.